The van der Waals surface area contributed by atoms with Crippen molar-refractivity contribution in [2.45, 2.75) is 19.3 Å². The zero-order valence-electron chi connectivity index (χ0n) is 38.0. The van der Waals surface area contributed by atoms with Gasteiger partial charge in [0.1, 0.15) is 0 Å². The fourth-order valence-electron chi connectivity index (χ4n) is 10.3. The number of nitrogens with zero attached hydrogens (tertiary/aromatic N) is 5. The molecule has 0 saturated heterocycles. The van der Waals surface area contributed by atoms with E-state index in [9.17, 15) is 0 Å². The van der Waals surface area contributed by atoms with E-state index >= 15 is 0 Å². The Kier molecular flexibility index (Phi) is 9.99. The monoisotopic (exact) mass is 873 g/mol. The van der Waals surface area contributed by atoms with Gasteiger partial charge in [0.2, 0.25) is 0 Å². The molecule has 1 aliphatic heterocycles. The number of anilines is 2. The predicted octanol–water partition coefficient (Wildman–Crippen LogP) is 15.5. The van der Waals surface area contributed by atoms with Crippen LogP contribution in [0.2, 0.25) is 0 Å². The van der Waals surface area contributed by atoms with Crippen molar-refractivity contribution < 1.29 is 0 Å². The smallest absolute Gasteiger partial charge is 0.164 e. The normalized spacial score (nSPS) is 13.9. The first kappa shape index (κ1) is 40.8. The first-order chi connectivity index (χ1) is 33.4. The van der Waals surface area contributed by atoms with Crippen LogP contribution in [0.25, 0.3) is 85.0 Å². The van der Waals surface area contributed by atoms with Crippen LogP contribution in [0.15, 0.2) is 225 Å². The van der Waals surface area contributed by atoms with E-state index in [1.54, 1.807) is 0 Å². The van der Waals surface area contributed by atoms with Gasteiger partial charge in [-0.3, -0.25) is 0 Å². The van der Waals surface area contributed by atoms with Crippen LogP contribution < -0.4 is 4.90 Å². The average Bonchev–Trinajstić information content (AvgIpc) is 3.88. The Hall–Kier alpha value is -8.67. The third kappa shape index (κ3) is 6.99. The molecule has 5 heteroatoms. The van der Waals surface area contributed by atoms with E-state index in [2.05, 4.69) is 187 Å². The molecular weight excluding hydrogens is 827 g/mol. The van der Waals surface area contributed by atoms with E-state index in [1.165, 1.54) is 33.5 Å². The average molecular weight is 874 g/mol. The van der Waals surface area contributed by atoms with Gasteiger partial charge in [-0.05, 0) is 87.5 Å². The van der Waals surface area contributed by atoms with Crippen LogP contribution in [-0.2, 0) is 5.41 Å². The molecule has 3 heterocycles. The Bertz CT molecular complexity index is 3500. The maximum absolute atomic E-state index is 5.06. The number of hydrogen-bond donors (Lipinski definition) is 0. The summed E-state index contributed by atoms with van der Waals surface area (Å²) in [7, 11) is 0. The van der Waals surface area contributed by atoms with Crippen molar-refractivity contribution >= 4 is 23.0 Å². The Morgan fingerprint density at radius 1 is 0.456 bits per heavy atom. The number of para-hydroxylation sites is 1. The summed E-state index contributed by atoms with van der Waals surface area (Å²) in [5, 5.41) is 0. The summed E-state index contributed by atoms with van der Waals surface area (Å²) in [5.41, 5.74) is 20.0. The van der Waals surface area contributed by atoms with E-state index in [4.69, 9.17) is 21.5 Å². The SMILES string of the molecule is C=C1c2cc(-c3ccccc3)ccc2N(c2ccc(-c3cccc(-c4nc(-c5ccccc5)nc(-c5ccccc5)n4)c3)cc2)C/C=C\c2c1c1c(n2-c2ccccc2)-c2ccccc2C1(C)C. The van der Waals surface area contributed by atoms with Gasteiger partial charge in [-0.15, -0.1) is 0 Å². The largest absolute Gasteiger partial charge is 0.337 e. The Morgan fingerprint density at radius 3 is 1.63 bits per heavy atom. The van der Waals surface area contributed by atoms with Crippen molar-refractivity contribution in [1.82, 2.24) is 19.5 Å². The molecule has 0 unspecified atom stereocenters. The number of aromatic nitrogens is 4. The van der Waals surface area contributed by atoms with Gasteiger partial charge in [-0.2, -0.15) is 0 Å². The van der Waals surface area contributed by atoms with Gasteiger partial charge >= 0.3 is 0 Å². The molecular formula is C63H47N5. The molecule has 2 aliphatic rings. The maximum Gasteiger partial charge on any atom is 0.164 e. The molecule has 324 valence electrons. The van der Waals surface area contributed by atoms with Crippen molar-refractivity contribution in [2.24, 2.45) is 0 Å². The summed E-state index contributed by atoms with van der Waals surface area (Å²) < 4.78 is 2.47. The Labute approximate surface area is 397 Å². The third-order valence-corrected chi connectivity index (χ3v) is 13.6. The lowest BCUT2D eigenvalue weighted by Gasteiger charge is -2.28. The van der Waals surface area contributed by atoms with Crippen molar-refractivity contribution in [3.8, 4) is 73.4 Å². The molecule has 2 aromatic heterocycles. The Balaban J connectivity index is 0.967. The Morgan fingerprint density at radius 2 is 0.971 bits per heavy atom. The summed E-state index contributed by atoms with van der Waals surface area (Å²) >= 11 is 0. The molecule has 10 aromatic rings. The second-order valence-corrected chi connectivity index (χ2v) is 18.1. The summed E-state index contributed by atoms with van der Waals surface area (Å²) in [6.07, 6.45) is 4.65. The van der Waals surface area contributed by atoms with Crippen LogP contribution in [0.5, 0.6) is 0 Å². The minimum Gasteiger partial charge on any atom is -0.337 e. The van der Waals surface area contributed by atoms with E-state index in [1.807, 2.05) is 60.7 Å². The van der Waals surface area contributed by atoms with Crippen LogP contribution >= 0.6 is 0 Å². The lowest BCUT2D eigenvalue weighted by atomic mass is 9.78. The molecule has 0 fully saturated rings. The van der Waals surface area contributed by atoms with Gasteiger partial charge in [0.25, 0.3) is 0 Å². The predicted molar refractivity (Wildman–Crippen MR) is 281 cm³/mol. The van der Waals surface area contributed by atoms with E-state index in [-0.39, 0.29) is 5.41 Å². The van der Waals surface area contributed by atoms with Crippen molar-refractivity contribution in [2.75, 3.05) is 11.4 Å². The summed E-state index contributed by atoms with van der Waals surface area (Å²) in [6, 6.07) is 74.9. The summed E-state index contributed by atoms with van der Waals surface area (Å²) in [5.74, 6) is 1.91. The maximum atomic E-state index is 5.06. The molecule has 0 bridgehead atoms. The zero-order valence-corrected chi connectivity index (χ0v) is 38.0. The highest BCUT2D eigenvalue weighted by molar-refractivity contribution is 5.98. The number of rotatable bonds is 7. The van der Waals surface area contributed by atoms with Crippen LogP contribution in [0.4, 0.5) is 11.4 Å². The molecule has 5 nitrogen and oxygen atoms in total. The van der Waals surface area contributed by atoms with E-state index in [0.29, 0.717) is 24.0 Å². The van der Waals surface area contributed by atoms with Crippen molar-refractivity contribution in [1.29, 1.82) is 0 Å². The fourth-order valence-corrected chi connectivity index (χ4v) is 10.3. The first-order valence-corrected chi connectivity index (χ1v) is 23.3. The molecule has 8 aromatic carbocycles. The highest BCUT2D eigenvalue weighted by atomic mass is 15.1. The molecule has 68 heavy (non-hydrogen) atoms. The summed E-state index contributed by atoms with van der Waals surface area (Å²) in [4.78, 5) is 17.4. The van der Waals surface area contributed by atoms with E-state index < -0.39 is 0 Å². The van der Waals surface area contributed by atoms with Gasteiger partial charge in [0.15, 0.2) is 17.5 Å². The fraction of sp³-hybridized carbons (Fsp3) is 0.0635. The topological polar surface area (TPSA) is 46.8 Å². The molecule has 12 rings (SSSR count). The third-order valence-electron chi connectivity index (χ3n) is 13.6. The lowest BCUT2D eigenvalue weighted by molar-refractivity contribution is 0.659. The van der Waals surface area contributed by atoms with Crippen LogP contribution in [-0.4, -0.2) is 26.1 Å². The number of benzene rings is 8. The van der Waals surface area contributed by atoms with Gasteiger partial charge in [-0.1, -0.05) is 196 Å². The van der Waals surface area contributed by atoms with Crippen LogP contribution in [0, 0.1) is 0 Å². The zero-order chi connectivity index (χ0) is 45.8. The van der Waals surface area contributed by atoms with Crippen molar-refractivity contribution in [3.05, 3.63) is 253 Å². The number of fused-ring (bicyclic) bond motifs is 6. The summed E-state index contributed by atoms with van der Waals surface area (Å²) in [6.45, 7) is 10.5. The first-order valence-electron chi connectivity index (χ1n) is 23.3. The molecule has 0 spiro atoms. The second-order valence-electron chi connectivity index (χ2n) is 18.1. The van der Waals surface area contributed by atoms with Crippen LogP contribution in [0.1, 0.15) is 41.8 Å². The number of hydrogen-bond acceptors (Lipinski definition) is 4. The molecule has 0 atom stereocenters. The lowest BCUT2D eigenvalue weighted by Crippen LogP contribution is -2.19. The van der Waals surface area contributed by atoms with Gasteiger partial charge < -0.3 is 9.47 Å². The van der Waals surface area contributed by atoms with Gasteiger partial charge in [0.05, 0.1) is 11.4 Å². The van der Waals surface area contributed by atoms with Crippen molar-refractivity contribution in [3.63, 3.8) is 0 Å². The standard InChI is InChI=1S/C63H47N5/c1-42-53-41-48(43-20-8-4-9-21-43)35-38-55(53)67(39-19-32-56-57(42)58-59(68(56)51-28-14-7-15-29-51)52-30-16-17-31-54(52)63(58,2)3)50-36-33-44(34-37-50)47-26-18-27-49(40-47)62-65-60(45-22-10-5-11-23-45)64-61(66-62)46-24-12-6-13-25-46/h4-38,40-41H,1,39H2,2-3H3/b32-19-. The van der Waals surface area contributed by atoms with E-state index in [0.717, 1.165) is 67.3 Å². The second kappa shape index (κ2) is 16.6. The molecule has 1 aliphatic carbocycles. The molecule has 0 amide bonds. The van der Waals surface area contributed by atoms with Gasteiger partial charge in [-0.25, -0.2) is 15.0 Å². The quantitative estimate of drug-likeness (QED) is 0.160. The molecule has 0 N–H and O–H groups in total. The highest BCUT2D eigenvalue weighted by Crippen LogP contribution is 2.56. The molecule has 0 radical (unpaired) electrons. The molecule has 0 saturated carbocycles. The van der Waals surface area contributed by atoms with Gasteiger partial charge in [0, 0.05) is 62.4 Å². The van der Waals surface area contributed by atoms with Crippen LogP contribution in [0.3, 0.4) is 0 Å². The minimum atomic E-state index is -0.261. The minimum absolute atomic E-state index is 0.261. The highest BCUT2D eigenvalue weighted by Gasteiger charge is 2.43.